The number of aliphatic carboxylic acids is 1. The molecule has 0 radical (unpaired) electrons. The van der Waals surface area contributed by atoms with E-state index in [9.17, 15) is 4.79 Å². The van der Waals surface area contributed by atoms with Gasteiger partial charge < -0.3 is 5.11 Å². The predicted octanol–water partition coefficient (Wildman–Crippen LogP) is 3.70. The maximum Gasteiger partial charge on any atom is 0.306 e. The Morgan fingerprint density at radius 3 is 2.40 bits per heavy atom. The largest absolute Gasteiger partial charge is 0.481 e. The molecule has 2 nitrogen and oxygen atoms in total. The molecule has 2 heteroatoms. The Kier molecular flexibility index (Phi) is 5.13. The first-order chi connectivity index (χ1) is 7.19. The van der Waals surface area contributed by atoms with Crippen molar-refractivity contribution in [1.29, 1.82) is 0 Å². The first kappa shape index (κ1) is 12.5. The van der Waals surface area contributed by atoms with Crippen molar-refractivity contribution in [2.45, 2.75) is 58.8 Å². The molecule has 0 aromatic rings. The smallest absolute Gasteiger partial charge is 0.306 e. The molecule has 0 aromatic carbocycles. The quantitative estimate of drug-likeness (QED) is 0.754. The van der Waals surface area contributed by atoms with Gasteiger partial charge in [-0.25, -0.2) is 0 Å². The molecule has 0 aliphatic heterocycles. The minimum Gasteiger partial charge on any atom is -0.481 e. The average molecular weight is 212 g/mol. The number of carboxylic acids is 1. The molecule has 88 valence electrons. The zero-order chi connectivity index (χ0) is 11.3. The summed E-state index contributed by atoms with van der Waals surface area (Å²) in [7, 11) is 0. The fraction of sp³-hybridized carbons (Fsp3) is 0.923. The topological polar surface area (TPSA) is 37.3 Å². The molecular formula is C13H24O2. The van der Waals surface area contributed by atoms with E-state index in [2.05, 4.69) is 13.8 Å². The summed E-state index contributed by atoms with van der Waals surface area (Å²) in [4.78, 5) is 11.1. The minimum absolute atomic E-state index is 0.0574. The highest BCUT2D eigenvalue weighted by Crippen LogP contribution is 2.38. The van der Waals surface area contributed by atoms with Gasteiger partial charge in [0.2, 0.25) is 0 Å². The number of rotatable bonds is 5. The summed E-state index contributed by atoms with van der Waals surface area (Å²) in [5.41, 5.74) is 0. The van der Waals surface area contributed by atoms with E-state index in [-0.39, 0.29) is 5.92 Å². The SMILES string of the molecule is CCCC1CCC(C(=O)O)C(CCC)C1. The number of carboxylic acid groups (broad SMARTS) is 1. The molecule has 0 saturated heterocycles. The first-order valence-corrected chi connectivity index (χ1v) is 6.41. The van der Waals surface area contributed by atoms with Gasteiger partial charge in [0.15, 0.2) is 0 Å². The molecule has 1 aliphatic rings. The van der Waals surface area contributed by atoms with E-state index < -0.39 is 5.97 Å². The Morgan fingerprint density at radius 1 is 1.20 bits per heavy atom. The first-order valence-electron chi connectivity index (χ1n) is 6.41. The molecule has 0 spiro atoms. The summed E-state index contributed by atoms with van der Waals surface area (Å²) < 4.78 is 0. The van der Waals surface area contributed by atoms with Gasteiger partial charge in [0, 0.05) is 0 Å². The third-order valence-corrected chi connectivity index (χ3v) is 3.76. The molecule has 1 rings (SSSR count). The standard InChI is InChI=1S/C13H24O2/c1-3-5-10-7-8-12(13(14)15)11(9-10)6-4-2/h10-12H,3-9H2,1-2H3,(H,14,15). The minimum atomic E-state index is -0.566. The highest BCUT2D eigenvalue weighted by atomic mass is 16.4. The van der Waals surface area contributed by atoms with Gasteiger partial charge >= 0.3 is 5.97 Å². The Labute approximate surface area is 93.1 Å². The number of hydrogen-bond donors (Lipinski definition) is 1. The van der Waals surface area contributed by atoms with Gasteiger partial charge in [-0.15, -0.1) is 0 Å². The second-order valence-corrected chi connectivity index (χ2v) is 4.96. The van der Waals surface area contributed by atoms with Crippen LogP contribution in [0.3, 0.4) is 0 Å². The molecule has 3 unspecified atom stereocenters. The maximum absolute atomic E-state index is 11.1. The fourth-order valence-electron chi connectivity index (χ4n) is 3.05. The molecular weight excluding hydrogens is 188 g/mol. The molecule has 3 atom stereocenters. The Balaban J connectivity index is 2.52. The summed E-state index contributed by atoms with van der Waals surface area (Å²) in [6.45, 7) is 4.38. The van der Waals surface area contributed by atoms with E-state index in [0.717, 1.165) is 38.0 Å². The van der Waals surface area contributed by atoms with Crippen LogP contribution >= 0.6 is 0 Å². The van der Waals surface area contributed by atoms with Crippen LogP contribution < -0.4 is 0 Å². The van der Waals surface area contributed by atoms with Gasteiger partial charge in [-0.2, -0.15) is 0 Å². The average Bonchev–Trinajstić information content (AvgIpc) is 2.18. The van der Waals surface area contributed by atoms with Crippen LogP contribution in [0.25, 0.3) is 0 Å². The lowest BCUT2D eigenvalue weighted by Crippen LogP contribution is -2.30. The van der Waals surface area contributed by atoms with Gasteiger partial charge in [-0.05, 0) is 37.5 Å². The van der Waals surface area contributed by atoms with Crippen molar-refractivity contribution < 1.29 is 9.90 Å². The van der Waals surface area contributed by atoms with Crippen LogP contribution in [0.4, 0.5) is 0 Å². The van der Waals surface area contributed by atoms with Crippen molar-refractivity contribution in [3.63, 3.8) is 0 Å². The van der Waals surface area contributed by atoms with E-state index in [0.29, 0.717) is 5.92 Å². The summed E-state index contributed by atoms with van der Waals surface area (Å²) in [5, 5.41) is 9.15. The monoisotopic (exact) mass is 212 g/mol. The molecule has 0 heterocycles. The summed E-state index contributed by atoms with van der Waals surface area (Å²) in [6, 6.07) is 0. The van der Waals surface area contributed by atoms with Crippen LogP contribution in [0.2, 0.25) is 0 Å². The Hall–Kier alpha value is -0.530. The number of carbonyl (C=O) groups is 1. The molecule has 0 amide bonds. The Morgan fingerprint density at radius 2 is 1.87 bits per heavy atom. The van der Waals surface area contributed by atoms with Crippen molar-refractivity contribution in [1.82, 2.24) is 0 Å². The molecule has 1 saturated carbocycles. The van der Waals surface area contributed by atoms with Crippen molar-refractivity contribution >= 4 is 5.97 Å². The van der Waals surface area contributed by atoms with Gasteiger partial charge in [0.05, 0.1) is 5.92 Å². The fourth-order valence-corrected chi connectivity index (χ4v) is 3.05. The van der Waals surface area contributed by atoms with Crippen molar-refractivity contribution in [3.8, 4) is 0 Å². The third-order valence-electron chi connectivity index (χ3n) is 3.76. The lowest BCUT2D eigenvalue weighted by molar-refractivity contribution is -0.145. The maximum atomic E-state index is 11.1. The van der Waals surface area contributed by atoms with E-state index in [1.807, 2.05) is 0 Å². The molecule has 15 heavy (non-hydrogen) atoms. The zero-order valence-corrected chi connectivity index (χ0v) is 10.0. The summed E-state index contributed by atoms with van der Waals surface area (Å²) in [5.74, 6) is 0.612. The zero-order valence-electron chi connectivity index (χ0n) is 10.0. The normalized spacial score (nSPS) is 31.5. The van der Waals surface area contributed by atoms with Gasteiger partial charge in [0.25, 0.3) is 0 Å². The molecule has 0 aromatic heterocycles. The van der Waals surface area contributed by atoms with Crippen LogP contribution in [-0.2, 0) is 4.79 Å². The van der Waals surface area contributed by atoms with E-state index >= 15 is 0 Å². The second kappa shape index (κ2) is 6.14. The van der Waals surface area contributed by atoms with Gasteiger partial charge in [0.1, 0.15) is 0 Å². The van der Waals surface area contributed by atoms with Crippen LogP contribution in [0.15, 0.2) is 0 Å². The molecule has 0 bridgehead atoms. The lowest BCUT2D eigenvalue weighted by Gasteiger charge is -2.33. The van der Waals surface area contributed by atoms with Crippen LogP contribution in [0.1, 0.15) is 58.8 Å². The highest BCUT2D eigenvalue weighted by Gasteiger charge is 2.33. The third kappa shape index (κ3) is 3.51. The second-order valence-electron chi connectivity index (χ2n) is 4.96. The van der Waals surface area contributed by atoms with Crippen molar-refractivity contribution in [3.05, 3.63) is 0 Å². The van der Waals surface area contributed by atoms with Crippen LogP contribution in [-0.4, -0.2) is 11.1 Å². The summed E-state index contributed by atoms with van der Waals surface area (Å²) >= 11 is 0. The predicted molar refractivity (Wildman–Crippen MR) is 61.8 cm³/mol. The van der Waals surface area contributed by atoms with Crippen molar-refractivity contribution in [2.24, 2.45) is 17.8 Å². The van der Waals surface area contributed by atoms with Gasteiger partial charge in [-0.3, -0.25) is 4.79 Å². The van der Waals surface area contributed by atoms with E-state index in [1.54, 1.807) is 0 Å². The highest BCUT2D eigenvalue weighted by molar-refractivity contribution is 5.70. The summed E-state index contributed by atoms with van der Waals surface area (Å²) in [6.07, 6.45) is 7.92. The Bertz CT molecular complexity index is 201. The molecule has 1 fully saturated rings. The van der Waals surface area contributed by atoms with Crippen molar-refractivity contribution in [2.75, 3.05) is 0 Å². The molecule has 1 N–H and O–H groups in total. The van der Waals surface area contributed by atoms with E-state index in [1.165, 1.54) is 12.8 Å². The van der Waals surface area contributed by atoms with Crippen LogP contribution in [0, 0.1) is 17.8 Å². The number of hydrogen-bond acceptors (Lipinski definition) is 1. The van der Waals surface area contributed by atoms with Gasteiger partial charge in [-0.1, -0.05) is 33.1 Å². The molecule has 1 aliphatic carbocycles. The lowest BCUT2D eigenvalue weighted by atomic mass is 9.71. The van der Waals surface area contributed by atoms with E-state index in [4.69, 9.17) is 5.11 Å². The van der Waals surface area contributed by atoms with Crippen LogP contribution in [0.5, 0.6) is 0 Å².